The number of anilines is 1. The maximum Gasteiger partial charge on any atom is 0.109 e. The van der Waals surface area contributed by atoms with E-state index in [4.69, 9.17) is 10.7 Å². The van der Waals surface area contributed by atoms with Crippen molar-refractivity contribution in [2.24, 2.45) is 5.92 Å². The standard InChI is InChI=1S/C17H26N4/c1-3-17-19-15-11-14(18)5-6-16(15)21(17)12-13-7-9-20(4-2)10-8-13/h5-6,11,13H,3-4,7-10,12,18H2,1-2H3. The molecular weight excluding hydrogens is 260 g/mol. The average molecular weight is 286 g/mol. The molecule has 114 valence electrons. The van der Waals surface area contributed by atoms with Crippen LogP contribution in [0, 0.1) is 5.92 Å². The summed E-state index contributed by atoms with van der Waals surface area (Å²) in [6.45, 7) is 9.19. The Kier molecular flexibility index (Phi) is 4.15. The van der Waals surface area contributed by atoms with E-state index in [1.54, 1.807) is 0 Å². The monoisotopic (exact) mass is 286 g/mol. The molecule has 21 heavy (non-hydrogen) atoms. The number of nitrogens with two attached hydrogens (primary N) is 1. The highest BCUT2D eigenvalue weighted by Crippen LogP contribution is 2.24. The molecule has 1 aromatic carbocycles. The maximum absolute atomic E-state index is 5.88. The molecule has 2 aromatic rings. The highest BCUT2D eigenvalue weighted by atomic mass is 15.1. The number of fused-ring (bicyclic) bond motifs is 1. The number of benzene rings is 1. The van der Waals surface area contributed by atoms with Crippen molar-refractivity contribution in [3.8, 4) is 0 Å². The molecule has 4 heteroatoms. The molecular formula is C17H26N4. The Bertz CT molecular complexity index is 609. The lowest BCUT2D eigenvalue weighted by Gasteiger charge is -2.31. The fourth-order valence-corrected chi connectivity index (χ4v) is 3.41. The van der Waals surface area contributed by atoms with Gasteiger partial charge in [-0.1, -0.05) is 13.8 Å². The van der Waals surface area contributed by atoms with Crippen molar-refractivity contribution in [2.45, 2.75) is 39.7 Å². The summed E-state index contributed by atoms with van der Waals surface area (Å²) in [5, 5.41) is 0. The number of nitrogens with zero attached hydrogens (tertiary/aromatic N) is 3. The van der Waals surface area contributed by atoms with Crippen LogP contribution < -0.4 is 5.73 Å². The second-order valence-corrected chi connectivity index (χ2v) is 6.12. The van der Waals surface area contributed by atoms with Crippen LogP contribution in [0.15, 0.2) is 18.2 Å². The third-order valence-electron chi connectivity index (χ3n) is 4.76. The third kappa shape index (κ3) is 2.91. The van der Waals surface area contributed by atoms with Crippen LogP contribution >= 0.6 is 0 Å². The van der Waals surface area contributed by atoms with Gasteiger partial charge in [0.25, 0.3) is 0 Å². The first kappa shape index (κ1) is 14.4. The SMILES string of the molecule is CCc1nc2cc(N)ccc2n1CC1CCN(CC)CC1. The molecule has 1 aliphatic rings. The van der Waals surface area contributed by atoms with Gasteiger partial charge in [0.15, 0.2) is 0 Å². The van der Waals surface area contributed by atoms with Gasteiger partial charge in [0.2, 0.25) is 0 Å². The van der Waals surface area contributed by atoms with Gasteiger partial charge < -0.3 is 15.2 Å². The van der Waals surface area contributed by atoms with Crippen molar-refractivity contribution in [3.05, 3.63) is 24.0 Å². The molecule has 4 nitrogen and oxygen atoms in total. The van der Waals surface area contributed by atoms with Crippen molar-refractivity contribution < 1.29 is 0 Å². The molecule has 0 aliphatic carbocycles. The number of nitrogen functional groups attached to an aromatic ring is 1. The predicted octanol–water partition coefficient (Wildman–Crippen LogP) is 2.91. The number of hydrogen-bond donors (Lipinski definition) is 1. The van der Waals surface area contributed by atoms with Gasteiger partial charge in [0.1, 0.15) is 5.82 Å². The zero-order valence-electron chi connectivity index (χ0n) is 13.2. The van der Waals surface area contributed by atoms with Crippen molar-refractivity contribution in [2.75, 3.05) is 25.4 Å². The number of imidazole rings is 1. The fourth-order valence-electron chi connectivity index (χ4n) is 3.41. The van der Waals surface area contributed by atoms with Crippen LogP contribution in [0.25, 0.3) is 11.0 Å². The maximum atomic E-state index is 5.88. The number of piperidine rings is 1. The van der Waals surface area contributed by atoms with Gasteiger partial charge in [0, 0.05) is 18.7 Å². The second-order valence-electron chi connectivity index (χ2n) is 6.12. The van der Waals surface area contributed by atoms with E-state index in [1.165, 1.54) is 43.8 Å². The summed E-state index contributed by atoms with van der Waals surface area (Å²) >= 11 is 0. The smallest absolute Gasteiger partial charge is 0.109 e. The van der Waals surface area contributed by atoms with Crippen LogP contribution in [0.1, 0.15) is 32.5 Å². The lowest BCUT2D eigenvalue weighted by atomic mass is 9.96. The van der Waals surface area contributed by atoms with Crippen LogP contribution in [-0.2, 0) is 13.0 Å². The molecule has 0 radical (unpaired) electrons. The van der Waals surface area contributed by atoms with E-state index in [-0.39, 0.29) is 0 Å². The van der Waals surface area contributed by atoms with Gasteiger partial charge in [-0.15, -0.1) is 0 Å². The molecule has 0 spiro atoms. The van der Waals surface area contributed by atoms with Crippen molar-refractivity contribution in [1.82, 2.24) is 14.5 Å². The highest BCUT2D eigenvalue weighted by molar-refractivity contribution is 5.79. The van der Waals surface area contributed by atoms with Gasteiger partial charge >= 0.3 is 0 Å². The molecule has 0 bridgehead atoms. The summed E-state index contributed by atoms with van der Waals surface area (Å²) in [5.41, 5.74) is 8.96. The second kappa shape index (κ2) is 6.06. The Morgan fingerprint density at radius 2 is 2.00 bits per heavy atom. The molecule has 0 atom stereocenters. The minimum atomic E-state index is 0.771. The fraction of sp³-hybridized carbons (Fsp3) is 0.588. The number of rotatable bonds is 4. The summed E-state index contributed by atoms with van der Waals surface area (Å²) in [5.74, 6) is 1.96. The van der Waals surface area contributed by atoms with E-state index >= 15 is 0 Å². The highest BCUT2D eigenvalue weighted by Gasteiger charge is 2.20. The topological polar surface area (TPSA) is 47.1 Å². The van der Waals surface area contributed by atoms with Gasteiger partial charge in [0.05, 0.1) is 11.0 Å². The Labute approximate surface area is 126 Å². The molecule has 0 saturated carbocycles. The van der Waals surface area contributed by atoms with Crippen LogP contribution in [0.4, 0.5) is 5.69 Å². The van der Waals surface area contributed by atoms with Crippen LogP contribution in [0.2, 0.25) is 0 Å². The summed E-state index contributed by atoms with van der Waals surface area (Å²) < 4.78 is 2.42. The van der Waals surface area contributed by atoms with E-state index in [0.29, 0.717) is 0 Å². The summed E-state index contributed by atoms with van der Waals surface area (Å²) in [6, 6.07) is 6.10. The van der Waals surface area contributed by atoms with E-state index < -0.39 is 0 Å². The number of aryl methyl sites for hydroxylation is 1. The molecule has 1 fully saturated rings. The van der Waals surface area contributed by atoms with Crippen LogP contribution in [0.5, 0.6) is 0 Å². The van der Waals surface area contributed by atoms with Gasteiger partial charge in [-0.05, 0) is 56.6 Å². The molecule has 2 heterocycles. The van der Waals surface area contributed by atoms with Crippen LogP contribution in [0.3, 0.4) is 0 Å². The largest absolute Gasteiger partial charge is 0.399 e. The van der Waals surface area contributed by atoms with Crippen molar-refractivity contribution in [1.29, 1.82) is 0 Å². The quantitative estimate of drug-likeness (QED) is 0.879. The first-order valence-electron chi connectivity index (χ1n) is 8.18. The van der Waals surface area contributed by atoms with Crippen LogP contribution in [-0.4, -0.2) is 34.1 Å². The first-order chi connectivity index (χ1) is 10.2. The summed E-state index contributed by atoms with van der Waals surface area (Å²) in [7, 11) is 0. The first-order valence-corrected chi connectivity index (χ1v) is 8.18. The van der Waals surface area contributed by atoms with Gasteiger partial charge in [-0.3, -0.25) is 0 Å². The third-order valence-corrected chi connectivity index (χ3v) is 4.76. The van der Waals surface area contributed by atoms with E-state index in [2.05, 4.69) is 29.4 Å². The zero-order valence-corrected chi connectivity index (χ0v) is 13.2. The Hall–Kier alpha value is -1.55. The molecule has 1 aliphatic heterocycles. The molecule has 0 unspecified atom stereocenters. The molecule has 3 rings (SSSR count). The van der Waals surface area contributed by atoms with Crippen molar-refractivity contribution >= 4 is 16.7 Å². The van der Waals surface area contributed by atoms with E-state index in [0.717, 1.165) is 30.1 Å². The molecule has 0 amide bonds. The minimum Gasteiger partial charge on any atom is -0.399 e. The van der Waals surface area contributed by atoms with Gasteiger partial charge in [-0.2, -0.15) is 0 Å². The summed E-state index contributed by atoms with van der Waals surface area (Å²) in [4.78, 5) is 7.31. The lowest BCUT2D eigenvalue weighted by Crippen LogP contribution is -2.34. The number of likely N-dealkylation sites (tertiary alicyclic amines) is 1. The Morgan fingerprint density at radius 3 is 2.67 bits per heavy atom. The van der Waals surface area contributed by atoms with E-state index in [1.807, 2.05) is 12.1 Å². The minimum absolute atomic E-state index is 0.771. The number of hydrogen-bond acceptors (Lipinski definition) is 3. The van der Waals surface area contributed by atoms with Crippen molar-refractivity contribution in [3.63, 3.8) is 0 Å². The van der Waals surface area contributed by atoms with Gasteiger partial charge in [-0.25, -0.2) is 4.98 Å². The average Bonchev–Trinajstić information content (AvgIpc) is 2.85. The Balaban J connectivity index is 1.83. The molecule has 2 N–H and O–H groups in total. The molecule has 1 aromatic heterocycles. The number of aromatic nitrogens is 2. The zero-order chi connectivity index (χ0) is 14.8. The normalized spacial score (nSPS) is 17.6. The predicted molar refractivity (Wildman–Crippen MR) is 88.4 cm³/mol. The Morgan fingerprint density at radius 1 is 1.24 bits per heavy atom. The van der Waals surface area contributed by atoms with E-state index in [9.17, 15) is 0 Å². The summed E-state index contributed by atoms with van der Waals surface area (Å²) in [6.07, 6.45) is 3.57. The lowest BCUT2D eigenvalue weighted by molar-refractivity contribution is 0.181. The molecule has 1 saturated heterocycles.